The number of hydrogen-bond donors (Lipinski definition) is 1. The van der Waals surface area contributed by atoms with Gasteiger partial charge in [0.2, 0.25) is 0 Å². The Kier molecular flexibility index (Phi) is 5.17. The molecule has 0 radical (unpaired) electrons. The molecule has 3 heteroatoms. The van der Waals surface area contributed by atoms with E-state index in [4.69, 9.17) is 5.73 Å². The molecule has 0 saturated heterocycles. The zero-order chi connectivity index (χ0) is 14.6. The summed E-state index contributed by atoms with van der Waals surface area (Å²) in [5.41, 5.74) is 7.25. The maximum absolute atomic E-state index is 13.8. The standard InChI is InChI=1S/C17H27FN2/c1-14(15-8-4-5-9-16(15)18)20(2)13-12-17(19)10-6-3-7-11-17/h4-5,8-9,14H,3,6-7,10-13,19H2,1-2H3. The molecule has 0 amide bonds. The smallest absolute Gasteiger partial charge is 0.127 e. The van der Waals surface area contributed by atoms with Crippen molar-refractivity contribution >= 4 is 0 Å². The molecule has 112 valence electrons. The summed E-state index contributed by atoms with van der Waals surface area (Å²) in [5.74, 6) is -0.119. The van der Waals surface area contributed by atoms with Gasteiger partial charge in [-0.2, -0.15) is 0 Å². The second-order valence-electron chi connectivity index (χ2n) is 6.35. The average molecular weight is 278 g/mol. The molecule has 0 spiro atoms. The highest BCUT2D eigenvalue weighted by Crippen LogP contribution is 2.30. The molecule has 0 heterocycles. The Morgan fingerprint density at radius 2 is 1.90 bits per heavy atom. The van der Waals surface area contributed by atoms with Crippen LogP contribution in [0.25, 0.3) is 0 Å². The molecule has 1 saturated carbocycles. The molecule has 0 bridgehead atoms. The molecule has 1 aliphatic carbocycles. The fourth-order valence-corrected chi connectivity index (χ4v) is 3.15. The Labute approximate surface area is 122 Å². The van der Waals surface area contributed by atoms with E-state index in [0.717, 1.165) is 31.4 Å². The number of benzene rings is 1. The summed E-state index contributed by atoms with van der Waals surface area (Å²) in [7, 11) is 2.06. The van der Waals surface area contributed by atoms with Crippen LogP contribution in [0.2, 0.25) is 0 Å². The van der Waals surface area contributed by atoms with E-state index in [0.29, 0.717) is 0 Å². The molecule has 2 rings (SSSR count). The summed E-state index contributed by atoms with van der Waals surface area (Å²) in [5, 5.41) is 0. The van der Waals surface area contributed by atoms with Crippen LogP contribution in [-0.4, -0.2) is 24.0 Å². The fraction of sp³-hybridized carbons (Fsp3) is 0.647. The first kappa shape index (κ1) is 15.5. The number of rotatable bonds is 5. The molecule has 0 aliphatic heterocycles. The molecular formula is C17H27FN2. The molecule has 2 nitrogen and oxygen atoms in total. The zero-order valence-corrected chi connectivity index (χ0v) is 12.7. The maximum atomic E-state index is 13.8. The molecule has 20 heavy (non-hydrogen) atoms. The monoisotopic (exact) mass is 278 g/mol. The largest absolute Gasteiger partial charge is 0.325 e. The van der Waals surface area contributed by atoms with Gasteiger partial charge in [-0.3, -0.25) is 4.90 Å². The van der Waals surface area contributed by atoms with Gasteiger partial charge in [-0.05, 0) is 39.3 Å². The lowest BCUT2D eigenvalue weighted by atomic mass is 9.80. The Balaban J connectivity index is 1.91. The molecule has 1 aromatic carbocycles. The summed E-state index contributed by atoms with van der Waals surface area (Å²) >= 11 is 0. The SMILES string of the molecule is CC(c1ccccc1F)N(C)CCC1(N)CCCCC1. The summed E-state index contributed by atoms with van der Waals surface area (Å²) in [6, 6.07) is 7.13. The van der Waals surface area contributed by atoms with E-state index in [9.17, 15) is 4.39 Å². The van der Waals surface area contributed by atoms with Crippen molar-refractivity contribution in [3.8, 4) is 0 Å². The van der Waals surface area contributed by atoms with Gasteiger partial charge in [0.15, 0.2) is 0 Å². The van der Waals surface area contributed by atoms with Crippen molar-refractivity contribution in [2.24, 2.45) is 5.73 Å². The van der Waals surface area contributed by atoms with Crippen molar-refractivity contribution in [2.45, 2.75) is 57.0 Å². The lowest BCUT2D eigenvalue weighted by molar-refractivity contribution is 0.199. The molecule has 1 unspecified atom stereocenters. The average Bonchev–Trinajstić information content (AvgIpc) is 2.45. The zero-order valence-electron chi connectivity index (χ0n) is 12.7. The van der Waals surface area contributed by atoms with Gasteiger partial charge in [0.25, 0.3) is 0 Å². The van der Waals surface area contributed by atoms with Crippen LogP contribution >= 0.6 is 0 Å². The van der Waals surface area contributed by atoms with Crippen LogP contribution in [0.5, 0.6) is 0 Å². The van der Waals surface area contributed by atoms with E-state index in [1.165, 1.54) is 25.3 Å². The van der Waals surface area contributed by atoms with Crippen LogP contribution in [-0.2, 0) is 0 Å². The number of hydrogen-bond acceptors (Lipinski definition) is 2. The van der Waals surface area contributed by atoms with E-state index in [1.807, 2.05) is 12.1 Å². The minimum atomic E-state index is -0.119. The van der Waals surface area contributed by atoms with E-state index in [2.05, 4.69) is 18.9 Å². The molecule has 2 N–H and O–H groups in total. The topological polar surface area (TPSA) is 29.3 Å². The predicted octanol–water partition coefficient (Wildman–Crippen LogP) is 3.87. The second kappa shape index (κ2) is 6.68. The third-order valence-corrected chi connectivity index (χ3v) is 4.83. The molecule has 1 atom stereocenters. The third-order valence-electron chi connectivity index (χ3n) is 4.83. The lowest BCUT2D eigenvalue weighted by Crippen LogP contribution is -2.44. The van der Waals surface area contributed by atoms with Crippen molar-refractivity contribution in [1.82, 2.24) is 4.90 Å². The molecule has 1 aromatic rings. The fourth-order valence-electron chi connectivity index (χ4n) is 3.15. The van der Waals surface area contributed by atoms with Crippen molar-refractivity contribution in [3.05, 3.63) is 35.6 Å². The predicted molar refractivity (Wildman–Crippen MR) is 82.1 cm³/mol. The number of nitrogens with two attached hydrogens (primary N) is 1. The highest BCUT2D eigenvalue weighted by molar-refractivity contribution is 5.20. The normalized spacial score (nSPS) is 20.1. The van der Waals surface area contributed by atoms with Gasteiger partial charge >= 0.3 is 0 Å². The van der Waals surface area contributed by atoms with E-state index < -0.39 is 0 Å². The van der Waals surface area contributed by atoms with Gasteiger partial charge in [-0.1, -0.05) is 37.5 Å². The van der Waals surface area contributed by atoms with Gasteiger partial charge < -0.3 is 5.73 Å². The minimum Gasteiger partial charge on any atom is -0.325 e. The number of nitrogens with zero attached hydrogens (tertiary/aromatic N) is 1. The van der Waals surface area contributed by atoms with E-state index >= 15 is 0 Å². The molecule has 1 fully saturated rings. The number of halogens is 1. The van der Waals surface area contributed by atoms with Gasteiger partial charge in [-0.15, -0.1) is 0 Å². The Morgan fingerprint density at radius 3 is 2.55 bits per heavy atom. The van der Waals surface area contributed by atoms with Crippen LogP contribution in [0.4, 0.5) is 4.39 Å². The summed E-state index contributed by atoms with van der Waals surface area (Å²) in [6.07, 6.45) is 7.10. The van der Waals surface area contributed by atoms with Crippen molar-refractivity contribution in [1.29, 1.82) is 0 Å². The summed E-state index contributed by atoms with van der Waals surface area (Å²) < 4.78 is 13.8. The van der Waals surface area contributed by atoms with Crippen LogP contribution in [0, 0.1) is 5.82 Å². The molecule has 1 aliphatic rings. The van der Waals surface area contributed by atoms with Crippen LogP contribution in [0.15, 0.2) is 24.3 Å². The summed E-state index contributed by atoms with van der Waals surface area (Å²) in [6.45, 7) is 2.98. The van der Waals surface area contributed by atoms with Crippen molar-refractivity contribution in [2.75, 3.05) is 13.6 Å². The van der Waals surface area contributed by atoms with Crippen LogP contribution in [0.3, 0.4) is 0 Å². The highest BCUT2D eigenvalue weighted by Gasteiger charge is 2.28. The van der Waals surface area contributed by atoms with Crippen LogP contribution < -0.4 is 5.73 Å². The Morgan fingerprint density at radius 1 is 1.25 bits per heavy atom. The Bertz CT molecular complexity index is 427. The molecular weight excluding hydrogens is 251 g/mol. The Hall–Kier alpha value is -0.930. The quantitative estimate of drug-likeness (QED) is 0.886. The van der Waals surface area contributed by atoms with E-state index in [1.54, 1.807) is 6.07 Å². The third kappa shape index (κ3) is 3.80. The van der Waals surface area contributed by atoms with Gasteiger partial charge in [0.05, 0.1) is 0 Å². The first-order valence-corrected chi connectivity index (χ1v) is 7.75. The first-order chi connectivity index (χ1) is 9.52. The maximum Gasteiger partial charge on any atom is 0.127 e. The highest BCUT2D eigenvalue weighted by atomic mass is 19.1. The van der Waals surface area contributed by atoms with Gasteiger partial charge in [0.1, 0.15) is 5.82 Å². The summed E-state index contributed by atoms with van der Waals surface area (Å²) in [4.78, 5) is 2.21. The van der Waals surface area contributed by atoms with Crippen molar-refractivity contribution < 1.29 is 4.39 Å². The lowest BCUT2D eigenvalue weighted by Gasteiger charge is -2.36. The minimum absolute atomic E-state index is 0.00145. The van der Waals surface area contributed by atoms with Gasteiger partial charge in [0, 0.05) is 23.7 Å². The first-order valence-electron chi connectivity index (χ1n) is 7.75. The van der Waals surface area contributed by atoms with Crippen molar-refractivity contribution in [3.63, 3.8) is 0 Å². The second-order valence-corrected chi connectivity index (χ2v) is 6.35. The van der Waals surface area contributed by atoms with Crippen LogP contribution in [0.1, 0.15) is 57.1 Å². The van der Waals surface area contributed by atoms with E-state index in [-0.39, 0.29) is 17.4 Å². The molecule has 0 aromatic heterocycles. The van der Waals surface area contributed by atoms with Gasteiger partial charge in [-0.25, -0.2) is 4.39 Å².